The Morgan fingerprint density at radius 3 is 3.00 bits per heavy atom. The number of fused-ring (bicyclic) bond motifs is 1. The molecule has 1 heterocycles. The maximum atomic E-state index is 13.0. The summed E-state index contributed by atoms with van der Waals surface area (Å²) in [5.41, 5.74) is 1.73. The molecular weight excluding hydrogens is 155 g/mol. The molecule has 1 aromatic carbocycles. The van der Waals surface area contributed by atoms with Crippen molar-refractivity contribution in [1.29, 1.82) is 0 Å². The number of aryl methyl sites for hydroxylation is 1. The predicted molar refractivity (Wildman–Crippen MR) is 45.6 cm³/mol. The Morgan fingerprint density at radius 1 is 1.42 bits per heavy atom. The molecule has 0 fully saturated rings. The van der Waals surface area contributed by atoms with E-state index in [0.717, 1.165) is 18.2 Å². The van der Waals surface area contributed by atoms with Crippen molar-refractivity contribution in [2.45, 2.75) is 13.3 Å². The van der Waals surface area contributed by atoms with Crippen LogP contribution in [-0.2, 0) is 6.42 Å². The Labute approximate surface area is 69.8 Å². The third kappa shape index (κ3) is 0.916. The van der Waals surface area contributed by atoms with Gasteiger partial charge in [-0.2, -0.15) is 0 Å². The molecule has 0 atom stereocenters. The molecule has 1 aromatic heterocycles. The van der Waals surface area contributed by atoms with Crippen molar-refractivity contribution < 1.29 is 8.81 Å². The van der Waals surface area contributed by atoms with Crippen molar-refractivity contribution in [3.05, 3.63) is 35.8 Å². The SMILES string of the molecule is CCc1cccc2c(F)coc12. The summed E-state index contributed by atoms with van der Waals surface area (Å²) in [6, 6.07) is 5.53. The van der Waals surface area contributed by atoms with Gasteiger partial charge in [-0.1, -0.05) is 19.1 Å². The topological polar surface area (TPSA) is 13.1 Å². The lowest BCUT2D eigenvalue weighted by atomic mass is 10.1. The van der Waals surface area contributed by atoms with Gasteiger partial charge in [-0.25, -0.2) is 4.39 Å². The van der Waals surface area contributed by atoms with Crippen molar-refractivity contribution in [3.8, 4) is 0 Å². The van der Waals surface area contributed by atoms with E-state index in [1.807, 2.05) is 19.1 Å². The number of hydrogen-bond acceptors (Lipinski definition) is 1. The first-order valence-electron chi connectivity index (χ1n) is 3.97. The van der Waals surface area contributed by atoms with Gasteiger partial charge in [-0.15, -0.1) is 0 Å². The van der Waals surface area contributed by atoms with Gasteiger partial charge in [0, 0.05) is 0 Å². The van der Waals surface area contributed by atoms with Gasteiger partial charge in [-0.3, -0.25) is 0 Å². The van der Waals surface area contributed by atoms with Crippen LogP contribution in [-0.4, -0.2) is 0 Å². The number of halogens is 1. The quantitative estimate of drug-likeness (QED) is 0.631. The summed E-state index contributed by atoms with van der Waals surface area (Å²) in [6.45, 7) is 2.02. The lowest BCUT2D eigenvalue weighted by Gasteiger charge is -1.95. The molecule has 0 N–H and O–H groups in total. The van der Waals surface area contributed by atoms with E-state index in [4.69, 9.17) is 4.42 Å². The molecule has 0 bridgehead atoms. The molecular formula is C10H9FO. The van der Waals surface area contributed by atoms with Crippen LogP contribution in [0.15, 0.2) is 28.9 Å². The Hall–Kier alpha value is -1.31. The highest BCUT2D eigenvalue weighted by Gasteiger charge is 2.06. The molecule has 0 spiro atoms. The van der Waals surface area contributed by atoms with Crippen LogP contribution in [0, 0.1) is 5.82 Å². The van der Waals surface area contributed by atoms with Crippen LogP contribution in [0.1, 0.15) is 12.5 Å². The van der Waals surface area contributed by atoms with Gasteiger partial charge in [0.2, 0.25) is 0 Å². The first-order chi connectivity index (χ1) is 5.83. The number of furan rings is 1. The molecule has 0 aliphatic rings. The monoisotopic (exact) mass is 164 g/mol. The first kappa shape index (κ1) is 7.35. The number of benzene rings is 1. The van der Waals surface area contributed by atoms with Crippen molar-refractivity contribution in [2.24, 2.45) is 0 Å². The zero-order valence-corrected chi connectivity index (χ0v) is 6.80. The van der Waals surface area contributed by atoms with Crippen LogP contribution in [0.25, 0.3) is 11.0 Å². The van der Waals surface area contributed by atoms with Gasteiger partial charge in [0.1, 0.15) is 11.8 Å². The summed E-state index contributed by atoms with van der Waals surface area (Å²) >= 11 is 0. The average molecular weight is 164 g/mol. The van der Waals surface area contributed by atoms with Crippen molar-refractivity contribution in [2.75, 3.05) is 0 Å². The molecule has 2 rings (SSSR count). The largest absolute Gasteiger partial charge is 0.461 e. The minimum atomic E-state index is -0.277. The van der Waals surface area contributed by atoms with Crippen LogP contribution in [0.2, 0.25) is 0 Å². The van der Waals surface area contributed by atoms with E-state index in [-0.39, 0.29) is 5.82 Å². The fraction of sp³-hybridized carbons (Fsp3) is 0.200. The summed E-state index contributed by atoms with van der Waals surface area (Å²) in [4.78, 5) is 0. The van der Waals surface area contributed by atoms with Crippen molar-refractivity contribution >= 4 is 11.0 Å². The van der Waals surface area contributed by atoms with E-state index in [9.17, 15) is 4.39 Å². The van der Waals surface area contributed by atoms with Crippen LogP contribution in [0.3, 0.4) is 0 Å². The van der Waals surface area contributed by atoms with Crippen LogP contribution in [0.4, 0.5) is 4.39 Å². The lowest BCUT2D eigenvalue weighted by molar-refractivity contribution is 0.556. The lowest BCUT2D eigenvalue weighted by Crippen LogP contribution is -1.79. The molecule has 0 radical (unpaired) electrons. The second kappa shape index (κ2) is 2.63. The van der Waals surface area contributed by atoms with Crippen molar-refractivity contribution in [1.82, 2.24) is 0 Å². The molecule has 0 saturated carbocycles. The fourth-order valence-electron chi connectivity index (χ4n) is 1.36. The Kier molecular flexibility index (Phi) is 1.61. The number of hydrogen-bond donors (Lipinski definition) is 0. The van der Waals surface area contributed by atoms with E-state index in [0.29, 0.717) is 11.0 Å². The fourth-order valence-corrected chi connectivity index (χ4v) is 1.36. The van der Waals surface area contributed by atoms with Crippen LogP contribution in [0.5, 0.6) is 0 Å². The van der Waals surface area contributed by atoms with E-state index < -0.39 is 0 Å². The average Bonchev–Trinajstić information content (AvgIpc) is 2.48. The molecule has 62 valence electrons. The zero-order chi connectivity index (χ0) is 8.55. The molecule has 0 amide bonds. The van der Waals surface area contributed by atoms with E-state index in [1.54, 1.807) is 6.07 Å². The number of rotatable bonds is 1. The maximum absolute atomic E-state index is 13.0. The van der Waals surface area contributed by atoms with Crippen molar-refractivity contribution in [3.63, 3.8) is 0 Å². The summed E-state index contributed by atoms with van der Waals surface area (Å²) in [5, 5.41) is 0.578. The highest BCUT2D eigenvalue weighted by Crippen LogP contribution is 2.23. The Morgan fingerprint density at radius 2 is 2.25 bits per heavy atom. The van der Waals surface area contributed by atoms with Gasteiger partial charge in [0.25, 0.3) is 0 Å². The molecule has 1 nitrogen and oxygen atoms in total. The molecule has 0 aliphatic carbocycles. The summed E-state index contributed by atoms with van der Waals surface area (Å²) < 4.78 is 18.1. The van der Waals surface area contributed by atoms with Gasteiger partial charge >= 0.3 is 0 Å². The molecule has 12 heavy (non-hydrogen) atoms. The molecule has 0 saturated heterocycles. The van der Waals surface area contributed by atoms with E-state index in [1.165, 1.54) is 0 Å². The second-order valence-electron chi connectivity index (χ2n) is 2.73. The summed E-state index contributed by atoms with van der Waals surface area (Å²) in [6.07, 6.45) is 2.02. The van der Waals surface area contributed by atoms with Gasteiger partial charge in [0.15, 0.2) is 5.82 Å². The summed E-state index contributed by atoms with van der Waals surface area (Å²) in [7, 11) is 0. The third-order valence-electron chi connectivity index (χ3n) is 2.02. The first-order valence-corrected chi connectivity index (χ1v) is 3.97. The Balaban J connectivity index is 2.81. The minimum absolute atomic E-state index is 0.277. The van der Waals surface area contributed by atoms with Crippen LogP contribution >= 0.6 is 0 Å². The molecule has 2 aromatic rings. The third-order valence-corrected chi connectivity index (χ3v) is 2.02. The highest BCUT2D eigenvalue weighted by atomic mass is 19.1. The smallest absolute Gasteiger partial charge is 0.169 e. The van der Waals surface area contributed by atoms with E-state index in [2.05, 4.69) is 0 Å². The molecule has 0 unspecified atom stereocenters. The van der Waals surface area contributed by atoms with E-state index >= 15 is 0 Å². The van der Waals surface area contributed by atoms with Crippen LogP contribution < -0.4 is 0 Å². The zero-order valence-electron chi connectivity index (χ0n) is 6.80. The molecule has 0 aliphatic heterocycles. The molecule has 2 heteroatoms. The second-order valence-corrected chi connectivity index (χ2v) is 2.73. The van der Waals surface area contributed by atoms with Gasteiger partial charge in [-0.05, 0) is 18.1 Å². The standard InChI is InChI=1S/C10H9FO/c1-2-7-4-3-5-8-9(11)6-12-10(7)8/h3-6H,2H2,1H3. The predicted octanol–water partition coefficient (Wildman–Crippen LogP) is 3.13. The maximum Gasteiger partial charge on any atom is 0.169 e. The van der Waals surface area contributed by atoms with Gasteiger partial charge < -0.3 is 4.42 Å². The normalized spacial score (nSPS) is 10.8. The minimum Gasteiger partial charge on any atom is -0.461 e. The summed E-state index contributed by atoms with van der Waals surface area (Å²) in [5.74, 6) is -0.277. The van der Waals surface area contributed by atoms with Gasteiger partial charge in [0.05, 0.1) is 5.39 Å². The highest BCUT2D eigenvalue weighted by molar-refractivity contribution is 5.80. The Bertz CT molecular complexity index is 403. The number of para-hydroxylation sites is 1.